The van der Waals surface area contributed by atoms with Crippen LogP contribution in [-0.2, 0) is 27.7 Å². The molecule has 1 heterocycles. The van der Waals surface area contributed by atoms with E-state index in [2.05, 4.69) is 4.72 Å². The second kappa shape index (κ2) is 6.76. The van der Waals surface area contributed by atoms with E-state index in [-0.39, 0.29) is 17.6 Å². The quantitative estimate of drug-likeness (QED) is 0.850. The second-order valence-corrected chi connectivity index (χ2v) is 8.86. The fourth-order valence-electron chi connectivity index (χ4n) is 3.35. The van der Waals surface area contributed by atoms with Crippen molar-refractivity contribution in [3.8, 4) is 0 Å². The van der Waals surface area contributed by atoms with Gasteiger partial charge < -0.3 is 4.90 Å². The van der Waals surface area contributed by atoms with Crippen LogP contribution in [0.1, 0.15) is 24.0 Å². The van der Waals surface area contributed by atoms with Gasteiger partial charge in [0.15, 0.2) is 0 Å². The topological polar surface area (TPSA) is 66.5 Å². The zero-order valence-corrected chi connectivity index (χ0v) is 15.3. The van der Waals surface area contributed by atoms with Crippen molar-refractivity contribution in [2.45, 2.75) is 25.7 Å². The van der Waals surface area contributed by atoms with E-state index >= 15 is 0 Å². The molecule has 1 aliphatic carbocycles. The Morgan fingerprint density at radius 1 is 1.12 bits per heavy atom. The van der Waals surface area contributed by atoms with Crippen LogP contribution in [-0.4, -0.2) is 26.6 Å². The van der Waals surface area contributed by atoms with Crippen LogP contribution in [0.2, 0.25) is 0 Å². The van der Waals surface area contributed by atoms with Crippen molar-refractivity contribution < 1.29 is 13.2 Å². The number of anilines is 2. The molecule has 1 amide bonds. The van der Waals surface area contributed by atoms with E-state index in [0.717, 1.165) is 36.1 Å². The lowest BCUT2D eigenvalue weighted by molar-refractivity contribution is -0.119. The Morgan fingerprint density at radius 2 is 1.88 bits per heavy atom. The highest BCUT2D eigenvalue weighted by atomic mass is 32.2. The van der Waals surface area contributed by atoms with Crippen LogP contribution >= 0.6 is 0 Å². The highest BCUT2D eigenvalue weighted by Gasteiger charge is 2.36. The Balaban J connectivity index is 1.46. The van der Waals surface area contributed by atoms with Crippen LogP contribution in [0.3, 0.4) is 0 Å². The first kappa shape index (κ1) is 17.1. The van der Waals surface area contributed by atoms with Crippen molar-refractivity contribution in [1.29, 1.82) is 0 Å². The molecule has 2 aromatic carbocycles. The minimum atomic E-state index is -3.45. The van der Waals surface area contributed by atoms with E-state index in [1.54, 1.807) is 12.1 Å². The number of hydrogen-bond donors (Lipinski definition) is 1. The molecule has 0 aromatic heterocycles. The summed E-state index contributed by atoms with van der Waals surface area (Å²) in [4.78, 5) is 14.2. The molecule has 1 aliphatic heterocycles. The molecule has 136 valence electrons. The van der Waals surface area contributed by atoms with Crippen molar-refractivity contribution in [2.24, 2.45) is 5.92 Å². The fourth-order valence-corrected chi connectivity index (χ4v) is 4.44. The van der Waals surface area contributed by atoms with Gasteiger partial charge in [-0.2, -0.15) is 0 Å². The Morgan fingerprint density at radius 3 is 2.62 bits per heavy atom. The summed E-state index contributed by atoms with van der Waals surface area (Å²) in [6.45, 7) is 0.689. The summed E-state index contributed by atoms with van der Waals surface area (Å²) in [5.74, 6) is 0.360. The number of nitrogens with zero attached hydrogens (tertiary/aromatic N) is 1. The van der Waals surface area contributed by atoms with Gasteiger partial charge in [-0.3, -0.25) is 9.52 Å². The Labute approximate surface area is 154 Å². The Kier molecular flexibility index (Phi) is 4.44. The molecular weight excluding hydrogens is 348 g/mol. The van der Waals surface area contributed by atoms with Crippen molar-refractivity contribution in [3.05, 3.63) is 59.7 Å². The standard InChI is InChI=1S/C20H22N2O3S/c23-20(17-6-7-17)22-12-10-16-8-9-18(14-19(16)22)21-26(24,25)13-11-15-4-2-1-3-5-15/h1-5,8-9,14,17,21H,6-7,10-13H2. The number of carbonyl (C=O) groups is 1. The molecule has 26 heavy (non-hydrogen) atoms. The lowest BCUT2D eigenvalue weighted by atomic mass is 10.1. The van der Waals surface area contributed by atoms with Crippen LogP contribution < -0.4 is 9.62 Å². The average molecular weight is 370 g/mol. The Hall–Kier alpha value is -2.34. The molecule has 1 saturated carbocycles. The van der Waals surface area contributed by atoms with Gasteiger partial charge in [0.25, 0.3) is 0 Å². The number of rotatable bonds is 6. The van der Waals surface area contributed by atoms with Crippen LogP contribution in [0, 0.1) is 5.92 Å². The van der Waals surface area contributed by atoms with Crippen molar-refractivity contribution in [1.82, 2.24) is 0 Å². The van der Waals surface area contributed by atoms with Gasteiger partial charge in [-0.15, -0.1) is 0 Å². The number of carbonyl (C=O) groups excluding carboxylic acids is 1. The van der Waals surface area contributed by atoms with Gasteiger partial charge in [0, 0.05) is 18.2 Å². The van der Waals surface area contributed by atoms with Crippen LogP contribution in [0.4, 0.5) is 11.4 Å². The number of amides is 1. The highest BCUT2D eigenvalue weighted by Crippen LogP contribution is 2.37. The van der Waals surface area contributed by atoms with E-state index in [1.807, 2.05) is 41.3 Å². The smallest absolute Gasteiger partial charge is 0.233 e. The van der Waals surface area contributed by atoms with Gasteiger partial charge in [0.2, 0.25) is 15.9 Å². The number of benzene rings is 2. The van der Waals surface area contributed by atoms with E-state index in [9.17, 15) is 13.2 Å². The first-order chi connectivity index (χ1) is 12.5. The van der Waals surface area contributed by atoms with E-state index in [1.165, 1.54) is 0 Å². The molecule has 1 N–H and O–H groups in total. The van der Waals surface area contributed by atoms with Crippen molar-refractivity contribution >= 4 is 27.3 Å². The van der Waals surface area contributed by atoms with Gasteiger partial charge in [0.1, 0.15) is 0 Å². The number of aryl methyl sites for hydroxylation is 1. The predicted molar refractivity (Wildman–Crippen MR) is 103 cm³/mol. The summed E-state index contributed by atoms with van der Waals surface area (Å²) in [6.07, 6.45) is 3.23. The van der Waals surface area contributed by atoms with Gasteiger partial charge in [0.05, 0.1) is 11.4 Å². The molecule has 1 fully saturated rings. The number of sulfonamides is 1. The summed E-state index contributed by atoms with van der Waals surface area (Å²) >= 11 is 0. The largest absolute Gasteiger partial charge is 0.312 e. The SMILES string of the molecule is O=C(C1CC1)N1CCc2ccc(NS(=O)(=O)CCc3ccccc3)cc21. The van der Waals surface area contributed by atoms with Gasteiger partial charge in [-0.1, -0.05) is 36.4 Å². The first-order valence-corrected chi connectivity index (χ1v) is 10.7. The minimum absolute atomic E-state index is 0.0266. The summed E-state index contributed by atoms with van der Waals surface area (Å²) in [7, 11) is -3.45. The molecule has 2 aromatic rings. The zero-order chi connectivity index (χ0) is 18.1. The Bertz CT molecular complexity index is 921. The minimum Gasteiger partial charge on any atom is -0.312 e. The maximum Gasteiger partial charge on any atom is 0.233 e. The molecule has 0 radical (unpaired) electrons. The lowest BCUT2D eigenvalue weighted by Crippen LogP contribution is -2.30. The fraction of sp³-hybridized carbons (Fsp3) is 0.350. The third kappa shape index (κ3) is 3.75. The second-order valence-electron chi connectivity index (χ2n) is 7.01. The first-order valence-electron chi connectivity index (χ1n) is 9.00. The van der Waals surface area contributed by atoms with Crippen LogP contribution in [0.25, 0.3) is 0 Å². The highest BCUT2D eigenvalue weighted by molar-refractivity contribution is 7.92. The third-order valence-electron chi connectivity index (χ3n) is 4.95. The number of hydrogen-bond acceptors (Lipinski definition) is 3. The van der Waals surface area contributed by atoms with Gasteiger partial charge in [-0.25, -0.2) is 8.42 Å². The predicted octanol–water partition coefficient (Wildman–Crippen LogP) is 2.97. The normalized spacial score (nSPS) is 16.4. The summed E-state index contributed by atoms with van der Waals surface area (Å²) in [6, 6.07) is 15.1. The van der Waals surface area contributed by atoms with Gasteiger partial charge in [-0.05, 0) is 48.9 Å². The summed E-state index contributed by atoms with van der Waals surface area (Å²) < 4.78 is 27.5. The lowest BCUT2D eigenvalue weighted by Gasteiger charge is -2.18. The average Bonchev–Trinajstić information content (AvgIpc) is 3.40. The van der Waals surface area contributed by atoms with Crippen LogP contribution in [0.5, 0.6) is 0 Å². The molecule has 0 saturated heterocycles. The van der Waals surface area contributed by atoms with Crippen LogP contribution in [0.15, 0.2) is 48.5 Å². The molecule has 0 bridgehead atoms. The third-order valence-corrected chi connectivity index (χ3v) is 6.24. The summed E-state index contributed by atoms with van der Waals surface area (Å²) in [5, 5.41) is 0. The van der Waals surface area contributed by atoms with Crippen molar-refractivity contribution in [3.63, 3.8) is 0 Å². The molecule has 6 heteroatoms. The van der Waals surface area contributed by atoms with Crippen molar-refractivity contribution in [2.75, 3.05) is 21.9 Å². The molecule has 4 rings (SSSR count). The molecule has 0 unspecified atom stereocenters. The zero-order valence-electron chi connectivity index (χ0n) is 14.5. The van der Waals surface area contributed by atoms with Gasteiger partial charge >= 0.3 is 0 Å². The molecule has 0 spiro atoms. The molecule has 5 nitrogen and oxygen atoms in total. The summed E-state index contributed by atoms with van der Waals surface area (Å²) in [5.41, 5.74) is 3.47. The monoisotopic (exact) mass is 370 g/mol. The molecular formula is C20H22N2O3S. The van der Waals surface area contributed by atoms with E-state index in [0.29, 0.717) is 18.7 Å². The maximum absolute atomic E-state index is 12.4. The number of fused-ring (bicyclic) bond motifs is 1. The van der Waals surface area contributed by atoms with E-state index < -0.39 is 10.0 Å². The van der Waals surface area contributed by atoms with E-state index in [4.69, 9.17) is 0 Å². The molecule has 2 aliphatic rings. The maximum atomic E-state index is 12.4. The molecule has 0 atom stereocenters. The number of nitrogens with one attached hydrogen (secondary N) is 1.